The molecule has 1 saturated carbocycles. The van der Waals surface area contributed by atoms with Crippen LogP contribution < -0.4 is 27.5 Å². The molecule has 1 aliphatic rings. The summed E-state index contributed by atoms with van der Waals surface area (Å²) in [6, 6.07) is 12.2. The second-order valence-electron chi connectivity index (χ2n) is 10.1. The summed E-state index contributed by atoms with van der Waals surface area (Å²) in [6.45, 7) is 0.685. The molecule has 2 aromatic heterocycles. The predicted octanol–water partition coefficient (Wildman–Crippen LogP) is 3.07. The molecule has 4 rings (SSSR count). The molecule has 1 aromatic carbocycles. The van der Waals surface area contributed by atoms with E-state index in [-0.39, 0.29) is 23.6 Å². The Morgan fingerprint density at radius 1 is 0.975 bits per heavy atom. The van der Waals surface area contributed by atoms with Crippen molar-refractivity contribution >= 4 is 34.8 Å². The fourth-order valence-electron chi connectivity index (χ4n) is 4.87. The van der Waals surface area contributed by atoms with Crippen LogP contribution in [0.1, 0.15) is 72.0 Å². The normalized spacial score (nSPS) is 13.7. The highest BCUT2D eigenvalue weighted by molar-refractivity contribution is 6.15. The molecule has 1 aliphatic carbocycles. The van der Waals surface area contributed by atoms with E-state index in [2.05, 4.69) is 26.7 Å². The van der Waals surface area contributed by atoms with E-state index in [0.717, 1.165) is 44.1 Å². The summed E-state index contributed by atoms with van der Waals surface area (Å²) in [6.07, 6.45) is 15.3. The number of hydrogen-bond acceptors (Lipinski definition) is 6. The van der Waals surface area contributed by atoms with Gasteiger partial charge in [-0.25, -0.2) is 9.97 Å². The van der Waals surface area contributed by atoms with Crippen molar-refractivity contribution in [3.63, 3.8) is 0 Å². The summed E-state index contributed by atoms with van der Waals surface area (Å²) >= 11 is 0. The van der Waals surface area contributed by atoms with Gasteiger partial charge in [0, 0.05) is 36.0 Å². The molecule has 9 nitrogen and oxygen atoms in total. The molecule has 0 atom stereocenters. The fourth-order valence-corrected chi connectivity index (χ4v) is 4.87. The zero-order valence-corrected chi connectivity index (χ0v) is 22.7. The molecule has 208 valence electrons. The SMILES string of the molecule is Nc1ncc(C/C=C\CCCNC(=O)C2CCCCC2)c(N)c1C(=[NH2+])c1ccc(C(=O)Nc2ccccn2)cc1. The second kappa shape index (κ2) is 14.0. The van der Waals surface area contributed by atoms with Crippen LogP contribution >= 0.6 is 0 Å². The van der Waals surface area contributed by atoms with Gasteiger partial charge in [0.15, 0.2) is 0 Å². The molecule has 2 heterocycles. The van der Waals surface area contributed by atoms with E-state index in [1.807, 2.05) is 6.08 Å². The van der Waals surface area contributed by atoms with Crippen LogP contribution in [0.25, 0.3) is 0 Å². The predicted molar refractivity (Wildman–Crippen MR) is 158 cm³/mol. The van der Waals surface area contributed by atoms with Crippen molar-refractivity contribution in [2.45, 2.75) is 51.4 Å². The van der Waals surface area contributed by atoms with Crippen molar-refractivity contribution in [1.29, 1.82) is 0 Å². The van der Waals surface area contributed by atoms with Gasteiger partial charge in [-0.15, -0.1) is 0 Å². The van der Waals surface area contributed by atoms with Crippen LogP contribution in [-0.2, 0) is 11.2 Å². The summed E-state index contributed by atoms with van der Waals surface area (Å²) in [5.41, 5.74) is 16.0. The first kappa shape index (κ1) is 28.5. The number of nitrogens with two attached hydrogens (primary N) is 3. The minimum atomic E-state index is -0.273. The van der Waals surface area contributed by atoms with Crippen LogP contribution in [0.3, 0.4) is 0 Å². The third-order valence-electron chi connectivity index (χ3n) is 7.19. The number of benzene rings is 1. The van der Waals surface area contributed by atoms with Gasteiger partial charge in [0.2, 0.25) is 11.6 Å². The number of nitrogen functional groups attached to an aromatic ring is 2. The van der Waals surface area contributed by atoms with E-state index in [9.17, 15) is 9.59 Å². The van der Waals surface area contributed by atoms with Crippen molar-refractivity contribution < 1.29 is 15.0 Å². The van der Waals surface area contributed by atoms with Crippen molar-refractivity contribution in [3.8, 4) is 0 Å². The molecule has 0 aliphatic heterocycles. The average Bonchev–Trinajstić information content (AvgIpc) is 2.98. The third kappa shape index (κ3) is 7.53. The molecular weight excluding hydrogens is 502 g/mol. The summed E-state index contributed by atoms with van der Waals surface area (Å²) < 4.78 is 0. The van der Waals surface area contributed by atoms with E-state index in [1.165, 1.54) is 6.42 Å². The van der Waals surface area contributed by atoms with Crippen molar-refractivity contribution in [2.24, 2.45) is 5.92 Å². The second-order valence-corrected chi connectivity index (χ2v) is 10.1. The number of nitrogens with one attached hydrogen (secondary N) is 2. The number of amides is 2. The standard InChI is InChI=1S/C31H37N7O2/c32-27(21-14-16-23(17-15-21)31(40)38-25-13-7-9-18-35-25)26-28(33)24(20-37-29(26)34)12-4-1-2-8-19-36-30(39)22-10-5-3-6-11-22/h1,4,7,9,13-18,20,22,32H,2-3,5-6,8,10-12,19H2,(H,36,39)(H4,33,34,37)(H,35,38,40)/p+1/b4-1-,32-27?. The van der Waals surface area contributed by atoms with E-state index < -0.39 is 0 Å². The van der Waals surface area contributed by atoms with Gasteiger partial charge in [0.1, 0.15) is 17.2 Å². The van der Waals surface area contributed by atoms with E-state index in [0.29, 0.717) is 46.9 Å². The van der Waals surface area contributed by atoms with Gasteiger partial charge >= 0.3 is 0 Å². The first-order chi connectivity index (χ1) is 19.4. The Morgan fingerprint density at radius 3 is 2.45 bits per heavy atom. The first-order valence-corrected chi connectivity index (χ1v) is 13.8. The molecule has 0 spiro atoms. The lowest BCUT2D eigenvalue weighted by atomic mass is 9.89. The molecule has 0 unspecified atom stereocenters. The first-order valence-electron chi connectivity index (χ1n) is 13.8. The zero-order chi connectivity index (χ0) is 28.3. The van der Waals surface area contributed by atoms with Crippen molar-refractivity contribution in [1.82, 2.24) is 15.3 Å². The Hall–Kier alpha value is -4.53. The average molecular weight is 541 g/mol. The van der Waals surface area contributed by atoms with Crippen molar-refractivity contribution in [2.75, 3.05) is 23.3 Å². The van der Waals surface area contributed by atoms with Gasteiger partial charge in [-0.2, -0.15) is 0 Å². The van der Waals surface area contributed by atoms with Gasteiger partial charge < -0.3 is 22.1 Å². The highest BCUT2D eigenvalue weighted by atomic mass is 16.2. The largest absolute Gasteiger partial charge is 0.398 e. The number of carbonyl (C=O) groups excluding carboxylic acids is 2. The zero-order valence-electron chi connectivity index (χ0n) is 22.7. The molecule has 40 heavy (non-hydrogen) atoms. The molecule has 0 saturated heterocycles. The van der Waals surface area contributed by atoms with Crippen LogP contribution in [0.4, 0.5) is 17.3 Å². The lowest BCUT2D eigenvalue weighted by molar-refractivity contribution is -0.125. The quantitative estimate of drug-likeness (QED) is 0.143. The maximum atomic E-state index is 12.5. The number of pyridine rings is 2. The van der Waals surface area contributed by atoms with Crippen LogP contribution in [0.15, 0.2) is 67.0 Å². The summed E-state index contributed by atoms with van der Waals surface area (Å²) in [7, 11) is 0. The Morgan fingerprint density at radius 2 is 1.73 bits per heavy atom. The number of allylic oxidation sites excluding steroid dienone is 2. The number of aromatic nitrogens is 2. The van der Waals surface area contributed by atoms with Gasteiger partial charge in [-0.3, -0.25) is 15.0 Å². The lowest BCUT2D eigenvalue weighted by Gasteiger charge is -2.20. The number of unbranched alkanes of at least 4 members (excludes halogenated alkanes) is 1. The Labute approximate surface area is 235 Å². The van der Waals surface area contributed by atoms with Gasteiger partial charge in [0.05, 0.1) is 5.69 Å². The Bertz CT molecular complexity index is 1350. The maximum Gasteiger partial charge on any atom is 0.256 e. The van der Waals surface area contributed by atoms with Gasteiger partial charge in [-0.05, 0) is 74.1 Å². The fraction of sp³-hybridized carbons (Fsp3) is 0.323. The lowest BCUT2D eigenvalue weighted by Crippen LogP contribution is -2.42. The smallest absolute Gasteiger partial charge is 0.256 e. The van der Waals surface area contributed by atoms with Crippen LogP contribution in [0.2, 0.25) is 0 Å². The molecule has 8 N–H and O–H groups in total. The molecule has 0 radical (unpaired) electrons. The Kier molecular flexibility index (Phi) is 9.99. The Balaban J connectivity index is 1.30. The van der Waals surface area contributed by atoms with Gasteiger partial charge in [-0.1, -0.05) is 37.5 Å². The molecule has 9 heteroatoms. The number of anilines is 3. The summed E-state index contributed by atoms with van der Waals surface area (Å²) in [5, 5.41) is 12.3. The highest BCUT2D eigenvalue weighted by Crippen LogP contribution is 2.25. The molecule has 1 fully saturated rings. The highest BCUT2D eigenvalue weighted by Gasteiger charge is 2.22. The van der Waals surface area contributed by atoms with E-state index >= 15 is 0 Å². The number of rotatable bonds is 11. The number of carbonyl (C=O) groups is 2. The monoisotopic (exact) mass is 540 g/mol. The summed E-state index contributed by atoms with van der Waals surface area (Å²) in [5.74, 6) is 0.839. The van der Waals surface area contributed by atoms with Crippen LogP contribution in [-0.4, -0.2) is 34.0 Å². The van der Waals surface area contributed by atoms with Crippen LogP contribution in [0, 0.1) is 5.92 Å². The molecule has 2 amide bonds. The topological polar surface area (TPSA) is 162 Å². The molecule has 3 aromatic rings. The molecule has 0 bridgehead atoms. The minimum Gasteiger partial charge on any atom is -0.398 e. The van der Waals surface area contributed by atoms with E-state index in [4.69, 9.17) is 16.9 Å². The summed E-state index contributed by atoms with van der Waals surface area (Å²) in [4.78, 5) is 33.2. The van der Waals surface area contributed by atoms with Crippen LogP contribution in [0.5, 0.6) is 0 Å². The van der Waals surface area contributed by atoms with Crippen molar-refractivity contribution in [3.05, 3.63) is 89.3 Å². The minimum absolute atomic E-state index is 0.193. The van der Waals surface area contributed by atoms with E-state index in [1.54, 1.807) is 54.9 Å². The number of nitrogens with zero attached hydrogens (tertiary/aromatic N) is 2. The number of hydrogen-bond donors (Lipinski definition) is 5. The van der Waals surface area contributed by atoms with Gasteiger partial charge in [0.25, 0.3) is 5.91 Å². The maximum absolute atomic E-state index is 12.5. The molecular formula is C31H38N7O2+. The third-order valence-corrected chi connectivity index (χ3v) is 7.19.